The van der Waals surface area contributed by atoms with Gasteiger partial charge in [0.25, 0.3) is 5.91 Å². The zero-order chi connectivity index (χ0) is 23.8. The lowest BCUT2D eigenvalue weighted by molar-refractivity contribution is -0.130. The highest BCUT2D eigenvalue weighted by molar-refractivity contribution is 6.39. The zero-order valence-electron chi connectivity index (χ0n) is 20.6. The van der Waals surface area contributed by atoms with E-state index in [1.54, 1.807) is 12.1 Å². The lowest BCUT2D eigenvalue weighted by atomic mass is 9.69. The van der Waals surface area contributed by atoms with Crippen LogP contribution in [-0.2, 0) is 11.2 Å². The average molecular weight is 454 g/mol. The Labute approximate surface area is 198 Å². The van der Waals surface area contributed by atoms with Crippen LogP contribution in [0.15, 0.2) is 29.3 Å². The largest absolute Gasteiger partial charge is 0.478 e. The molecule has 1 atom stereocenters. The number of rotatable bonds is 4. The number of carboxylic acids is 1. The molecule has 180 valence electrons. The minimum absolute atomic E-state index is 0.0834. The summed E-state index contributed by atoms with van der Waals surface area (Å²) < 4.78 is 0. The first-order chi connectivity index (χ1) is 15.6. The molecule has 33 heavy (non-hydrogen) atoms. The van der Waals surface area contributed by atoms with Gasteiger partial charge in [-0.1, -0.05) is 32.9 Å². The number of benzene rings is 1. The van der Waals surface area contributed by atoms with Gasteiger partial charge in [0.1, 0.15) is 5.66 Å². The second-order valence-electron chi connectivity index (χ2n) is 11.3. The van der Waals surface area contributed by atoms with Crippen LogP contribution >= 0.6 is 0 Å². The number of likely N-dealkylation sites (tertiary alicyclic amines) is 1. The van der Waals surface area contributed by atoms with Gasteiger partial charge in [-0.2, -0.15) is 0 Å². The summed E-state index contributed by atoms with van der Waals surface area (Å²) in [5.74, 6) is 0.495. The van der Waals surface area contributed by atoms with Gasteiger partial charge in [-0.05, 0) is 87.3 Å². The first-order valence-electron chi connectivity index (χ1n) is 12.6. The molecule has 0 bridgehead atoms. The first-order valence-corrected chi connectivity index (χ1v) is 12.6. The third-order valence-electron chi connectivity index (χ3n) is 8.16. The molecule has 1 amide bonds. The van der Waals surface area contributed by atoms with Crippen molar-refractivity contribution >= 4 is 17.7 Å². The second kappa shape index (κ2) is 9.11. The molecule has 2 heterocycles. The summed E-state index contributed by atoms with van der Waals surface area (Å²) in [4.78, 5) is 34.4. The zero-order valence-corrected chi connectivity index (χ0v) is 20.6. The topological polar surface area (TPSA) is 73.2 Å². The monoisotopic (exact) mass is 453 g/mol. The summed E-state index contributed by atoms with van der Waals surface area (Å²) in [5, 5.41) is 9.16. The number of carbonyl (C=O) groups is 2. The Bertz CT molecular complexity index is 908. The minimum Gasteiger partial charge on any atom is -0.478 e. The number of carboxylic acid groups (broad SMARTS) is 1. The molecule has 1 saturated heterocycles. The van der Waals surface area contributed by atoms with Gasteiger partial charge < -0.3 is 14.9 Å². The third kappa shape index (κ3) is 4.80. The van der Waals surface area contributed by atoms with Gasteiger partial charge in [0, 0.05) is 19.1 Å². The molecule has 4 rings (SSSR count). The lowest BCUT2D eigenvalue weighted by Crippen LogP contribution is -2.52. The van der Waals surface area contributed by atoms with Crippen LogP contribution in [0, 0.1) is 11.3 Å². The highest BCUT2D eigenvalue weighted by Crippen LogP contribution is 2.46. The highest BCUT2D eigenvalue weighted by atomic mass is 16.4. The predicted octanol–water partition coefficient (Wildman–Crippen LogP) is 4.98. The highest BCUT2D eigenvalue weighted by Gasteiger charge is 2.51. The molecule has 2 fully saturated rings. The number of amides is 1. The van der Waals surface area contributed by atoms with E-state index in [9.17, 15) is 9.59 Å². The molecule has 3 aliphatic rings. The van der Waals surface area contributed by atoms with E-state index in [0.717, 1.165) is 50.6 Å². The number of aromatic carboxylic acids is 1. The smallest absolute Gasteiger partial charge is 0.335 e. The Morgan fingerprint density at radius 2 is 1.79 bits per heavy atom. The average Bonchev–Trinajstić information content (AvgIpc) is 3.03. The fourth-order valence-corrected chi connectivity index (χ4v) is 5.91. The molecule has 0 aromatic heterocycles. The molecule has 0 unspecified atom stereocenters. The normalized spacial score (nSPS) is 28.4. The van der Waals surface area contributed by atoms with Crippen LogP contribution in [0.4, 0.5) is 0 Å². The maximum atomic E-state index is 13.7. The van der Waals surface area contributed by atoms with Gasteiger partial charge in [0.15, 0.2) is 5.84 Å². The Kier molecular flexibility index (Phi) is 6.56. The van der Waals surface area contributed by atoms with Crippen molar-refractivity contribution in [2.75, 3.05) is 13.1 Å². The Morgan fingerprint density at radius 3 is 2.36 bits per heavy atom. The second-order valence-corrected chi connectivity index (χ2v) is 11.3. The Hall–Kier alpha value is -2.37. The number of carbonyl (C=O) groups excluding carboxylic acids is 1. The molecule has 2 aliphatic heterocycles. The molecular weight excluding hydrogens is 414 g/mol. The first kappa shape index (κ1) is 23.8. The van der Waals surface area contributed by atoms with Gasteiger partial charge in [-0.15, -0.1) is 0 Å². The molecule has 1 spiro atoms. The van der Waals surface area contributed by atoms with Crippen LogP contribution in [0.25, 0.3) is 0 Å². The van der Waals surface area contributed by atoms with Gasteiger partial charge in [0.05, 0.1) is 5.56 Å². The van der Waals surface area contributed by atoms with E-state index < -0.39 is 11.6 Å². The number of aliphatic imine (C=N–C) groups is 1. The van der Waals surface area contributed by atoms with Crippen LogP contribution in [0.1, 0.15) is 88.6 Å². The van der Waals surface area contributed by atoms with E-state index in [2.05, 4.69) is 32.6 Å². The number of hydrogen-bond acceptors (Lipinski definition) is 4. The van der Waals surface area contributed by atoms with Crippen molar-refractivity contribution in [3.05, 3.63) is 35.4 Å². The Morgan fingerprint density at radius 1 is 1.12 bits per heavy atom. The summed E-state index contributed by atoms with van der Waals surface area (Å²) in [6, 6.07) is 7.37. The molecule has 1 saturated carbocycles. The molecule has 6 nitrogen and oxygen atoms in total. The van der Waals surface area contributed by atoms with Crippen molar-refractivity contribution in [2.45, 2.75) is 90.8 Å². The fraction of sp³-hybridized carbons (Fsp3) is 0.667. The molecule has 1 N–H and O–H groups in total. The number of hydrogen-bond donors (Lipinski definition) is 1. The minimum atomic E-state index is -0.917. The lowest BCUT2D eigenvalue weighted by Gasteiger charge is -2.44. The SMILES string of the molecule is C[C@H]1CCCCN1C1=NC2(CCC(C(C)(C)C)CC2)N(CCc2ccc(C(=O)O)cc2)C1=O. The van der Waals surface area contributed by atoms with Crippen LogP contribution in [0.2, 0.25) is 0 Å². The maximum absolute atomic E-state index is 13.7. The summed E-state index contributed by atoms with van der Waals surface area (Å²) in [5.41, 5.74) is 1.19. The summed E-state index contributed by atoms with van der Waals surface area (Å²) >= 11 is 0. The van der Waals surface area contributed by atoms with Gasteiger partial charge in [-0.25, -0.2) is 9.79 Å². The van der Waals surface area contributed by atoms with E-state index in [1.165, 1.54) is 6.42 Å². The molecule has 1 aromatic rings. The van der Waals surface area contributed by atoms with E-state index in [4.69, 9.17) is 10.1 Å². The van der Waals surface area contributed by atoms with Crippen molar-refractivity contribution in [1.82, 2.24) is 9.80 Å². The standard InChI is InChI=1S/C27H39N3O3/c1-19-7-5-6-17-29(19)23-24(31)30(18-14-20-8-10-21(11-9-20)25(32)33)27(28-23)15-12-22(13-16-27)26(2,3)4/h8-11,19,22H,5-7,12-18H2,1-4H3,(H,32,33)/t19-,22?,27?/m0/s1. The van der Waals surface area contributed by atoms with E-state index >= 15 is 0 Å². The maximum Gasteiger partial charge on any atom is 0.335 e. The molecular formula is C27H39N3O3. The van der Waals surface area contributed by atoms with Crippen LogP contribution < -0.4 is 0 Å². The molecule has 6 heteroatoms. The number of amidine groups is 1. The van der Waals surface area contributed by atoms with E-state index in [-0.39, 0.29) is 16.9 Å². The molecule has 1 aliphatic carbocycles. The predicted molar refractivity (Wildman–Crippen MR) is 130 cm³/mol. The van der Waals surface area contributed by atoms with Crippen molar-refractivity contribution in [1.29, 1.82) is 0 Å². The molecule has 0 radical (unpaired) electrons. The Balaban J connectivity index is 1.55. The summed E-state index contributed by atoms with van der Waals surface area (Å²) in [7, 11) is 0. The van der Waals surface area contributed by atoms with Crippen molar-refractivity contribution < 1.29 is 14.7 Å². The van der Waals surface area contributed by atoms with Crippen LogP contribution in [0.5, 0.6) is 0 Å². The van der Waals surface area contributed by atoms with E-state index in [0.29, 0.717) is 30.8 Å². The third-order valence-corrected chi connectivity index (χ3v) is 8.16. The van der Waals surface area contributed by atoms with Crippen LogP contribution in [0.3, 0.4) is 0 Å². The summed E-state index contributed by atoms with van der Waals surface area (Å²) in [6.07, 6.45) is 8.17. The van der Waals surface area contributed by atoms with Gasteiger partial charge in [-0.3, -0.25) is 4.79 Å². The van der Waals surface area contributed by atoms with Crippen molar-refractivity contribution in [3.63, 3.8) is 0 Å². The quantitative estimate of drug-likeness (QED) is 0.698. The fourth-order valence-electron chi connectivity index (χ4n) is 5.91. The number of nitrogens with zero attached hydrogens (tertiary/aromatic N) is 3. The molecule has 1 aromatic carbocycles. The van der Waals surface area contributed by atoms with E-state index in [1.807, 2.05) is 17.0 Å². The van der Waals surface area contributed by atoms with Gasteiger partial charge in [0.2, 0.25) is 0 Å². The van der Waals surface area contributed by atoms with Crippen molar-refractivity contribution in [2.24, 2.45) is 16.3 Å². The van der Waals surface area contributed by atoms with Gasteiger partial charge >= 0.3 is 5.97 Å². The van der Waals surface area contributed by atoms with Crippen LogP contribution in [-0.4, -0.2) is 57.4 Å². The summed E-state index contributed by atoms with van der Waals surface area (Å²) in [6.45, 7) is 10.7. The number of piperidine rings is 1. The van der Waals surface area contributed by atoms with Crippen molar-refractivity contribution in [3.8, 4) is 0 Å².